The minimum absolute atomic E-state index is 0.0244. The first kappa shape index (κ1) is 14.6. The maximum absolute atomic E-state index is 11.0. The summed E-state index contributed by atoms with van der Waals surface area (Å²) in [4.78, 5) is 10.4. The highest BCUT2D eigenvalue weighted by Crippen LogP contribution is 2.36. The van der Waals surface area contributed by atoms with Gasteiger partial charge in [-0.3, -0.25) is 10.1 Å². The Labute approximate surface area is 124 Å². The Morgan fingerprint density at radius 1 is 1.20 bits per heavy atom. The molecular weight excluding hydrogens is 305 g/mol. The normalized spacial score (nSPS) is 10.3. The molecule has 104 valence electrons. The van der Waals surface area contributed by atoms with Crippen LogP contribution in [0.4, 0.5) is 5.69 Å². The van der Waals surface area contributed by atoms with E-state index in [0.29, 0.717) is 10.6 Å². The SMILES string of the molecule is O=[N+]([O-])c1cc(Cl)ccc1Oc1cccc(Cl)c1CO. The third kappa shape index (κ3) is 3.01. The number of benzene rings is 2. The summed E-state index contributed by atoms with van der Waals surface area (Å²) in [5.74, 6) is 0.279. The van der Waals surface area contributed by atoms with Crippen molar-refractivity contribution in [3.63, 3.8) is 0 Å². The van der Waals surface area contributed by atoms with Crippen molar-refractivity contribution in [1.29, 1.82) is 0 Å². The molecule has 20 heavy (non-hydrogen) atoms. The maximum atomic E-state index is 11.0. The number of aliphatic hydroxyl groups is 1. The first-order valence-corrected chi connectivity index (χ1v) is 6.28. The van der Waals surface area contributed by atoms with Crippen LogP contribution in [0.1, 0.15) is 5.56 Å². The molecule has 0 unspecified atom stereocenters. The van der Waals surface area contributed by atoms with Crippen LogP contribution in [0.25, 0.3) is 0 Å². The van der Waals surface area contributed by atoms with Crippen molar-refractivity contribution in [2.24, 2.45) is 0 Å². The third-order valence-electron chi connectivity index (χ3n) is 2.57. The molecule has 0 bridgehead atoms. The van der Waals surface area contributed by atoms with E-state index < -0.39 is 4.92 Å². The van der Waals surface area contributed by atoms with Crippen molar-refractivity contribution < 1.29 is 14.8 Å². The Morgan fingerprint density at radius 3 is 2.60 bits per heavy atom. The molecular formula is C13H9Cl2NO4. The van der Waals surface area contributed by atoms with Gasteiger partial charge >= 0.3 is 5.69 Å². The number of nitrogens with zero attached hydrogens (tertiary/aromatic N) is 1. The van der Waals surface area contributed by atoms with Crippen LogP contribution < -0.4 is 4.74 Å². The monoisotopic (exact) mass is 313 g/mol. The number of hydrogen-bond donors (Lipinski definition) is 1. The second-order valence-electron chi connectivity index (χ2n) is 3.85. The summed E-state index contributed by atoms with van der Waals surface area (Å²) >= 11 is 11.7. The molecule has 7 heteroatoms. The fourth-order valence-electron chi connectivity index (χ4n) is 1.63. The van der Waals surface area contributed by atoms with E-state index in [4.69, 9.17) is 27.9 Å². The number of nitro benzene ring substituents is 1. The lowest BCUT2D eigenvalue weighted by Gasteiger charge is -2.11. The lowest BCUT2D eigenvalue weighted by atomic mass is 10.2. The summed E-state index contributed by atoms with van der Waals surface area (Å²) in [6.07, 6.45) is 0. The van der Waals surface area contributed by atoms with E-state index in [1.165, 1.54) is 18.2 Å². The van der Waals surface area contributed by atoms with Crippen LogP contribution in [0.2, 0.25) is 10.0 Å². The molecule has 0 aliphatic rings. The van der Waals surface area contributed by atoms with E-state index >= 15 is 0 Å². The fourth-order valence-corrected chi connectivity index (χ4v) is 2.02. The van der Waals surface area contributed by atoms with Crippen LogP contribution in [-0.4, -0.2) is 10.0 Å². The van der Waals surface area contributed by atoms with Gasteiger partial charge < -0.3 is 9.84 Å². The van der Waals surface area contributed by atoms with Crippen LogP contribution >= 0.6 is 23.2 Å². The van der Waals surface area contributed by atoms with Crippen LogP contribution in [0.15, 0.2) is 36.4 Å². The minimum Gasteiger partial charge on any atom is -0.450 e. The zero-order chi connectivity index (χ0) is 14.7. The van der Waals surface area contributed by atoms with Gasteiger partial charge in [0.05, 0.1) is 11.5 Å². The molecule has 0 fully saturated rings. The Bertz CT molecular complexity index is 661. The molecule has 2 rings (SSSR count). The molecule has 0 saturated heterocycles. The third-order valence-corrected chi connectivity index (χ3v) is 3.16. The second kappa shape index (κ2) is 6.09. The molecule has 0 atom stereocenters. The predicted octanol–water partition coefficient (Wildman–Crippen LogP) is 4.19. The van der Waals surface area contributed by atoms with Gasteiger partial charge in [-0.25, -0.2) is 0 Å². The molecule has 0 saturated carbocycles. The van der Waals surface area contributed by atoms with Crippen molar-refractivity contribution in [2.75, 3.05) is 0 Å². The molecule has 0 aromatic heterocycles. The molecule has 5 nitrogen and oxygen atoms in total. The first-order valence-electron chi connectivity index (χ1n) is 5.53. The average molecular weight is 314 g/mol. The number of halogens is 2. The van der Waals surface area contributed by atoms with E-state index in [-0.39, 0.29) is 28.8 Å². The van der Waals surface area contributed by atoms with Crippen molar-refractivity contribution in [3.8, 4) is 11.5 Å². The van der Waals surface area contributed by atoms with Crippen LogP contribution in [-0.2, 0) is 6.61 Å². The highest BCUT2D eigenvalue weighted by molar-refractivity contribution is 6.31. The van der Waals surface area contributed by atoms with E-state index in [9.17, 15) is 15.2 Å². The zero-order valence-corrected chi connectivity index (χ0v) is 11.6. The summed E-state index contributed by atoms with van der Waals surface area (Å²) < 4.78 is 5.48. The van der Waals surface area contributed by atoms with Gasteiger partial charge in [-0.15, -0.1) is 0 Å². The van der Waals surface area contributed by atoms with E-state index in [1.54, 1.807) is 18.2 Å². The zero-order valence-electron chi connectivity index (χ0n) is 10.0. The van der Waals surface area contributed by atoms with Crippen molar-refractivity contribution >= 4 is 28.9 Å². The van der Waals surface area contributed by atoms with Gasteiger partial charge in [0.15, 0.2) is 0 Å². The summed E-state index contributed by atoms with van der Waals surface area (Å²) in [5, 5.41) is 20.8. The Hall–Kier alpha value is -1.82. The van der Waals surface area contributed by atoms with E-state index in [1.807, 2.05) is 0 Å². The molecule has 0 spiro atoms. The topological polar surface area (TPSA) is 72.6 Å². The Kier molecular flexibility index (Phi) is 4.44. The van der Waals surface area contributed by atoms with Gasteiger partial charge in [-0.2, -0.15) is 0 Å². The van der Waals surface area contributed by atoms with Gasteiger partial charge in [-0.1, -0.05) is 29.3 Å². The van der Waals surface area contributed by atoms with Crippen LogP contribution in [0, 0.1) is 10.1 Å². The number of nitro groups is 1. The molecule has 0 radical (unpaired) electrons. The largest absolute Gasteiger partial charge is 0.450 e. The summed E-state index contributed by atoms with van der Waals surface area (Å²) in [7, 11) is 0. The van der Waals surface area contributed by atoms with Crippen molar-refractivity contribution in [1.82, 2.24) is 0 Å². The van der Waals surface area contributed by atoms with Crippen molar-refractivity contribution in [3.05, 3.63) is 62.1 Å². The predicted molar refractivity (Wildman–Crippen MR) is 75.6 cm³/mol. The fraction of sp³-hybridized carbons (Fsp3) is 0.0769. The first-order chi connectivity index (χ1) is 9.52. The van der Waals surface area contributed by atoms with Crippen molar-refractivity contribution in [2.45, 2.75) is 6.61 Å². The van der Waals surface area contributed by atoms with Crippen LogP contribution in [0.3, 0.4) is 0 Å². The molecule has 0 heterocycles. The number of aliphatic hydroxyl groups excluding tert-OH is 1. The van der Waals surface area contributed by atoms with Gasteiger partial charge in [0, 0.05) is 21.7 Å². The lowest BCUT2D eigenvalue weighted by Crippen LogP contribution is -1.96. The standard InChI is InChI=1S/C13H9Cl2NO4/c14-8-4-5-13(11(6-8)16(18)19)20-12-3-1-2-10(15)9(12)7-17/h1-6,17H,7H2. The number of hydrogen-bond acceptors (Lipinski definition) is 4. The second-order valence-corrected chi connectivity index (χ2v) is 4.69. The summed E-state index contributed by atoms with van der Waals surface area (Å²) in [6.45, 7) is -0.337. The van der Waals surface area contributed by atoms with Gasteiger partial charge in [-0.05, 0) is 24.3 Å². The summed E-state index contributed by atoms with van der Waals surface area (Å²) in [5.41, 5.74) is 0.0970. The number of rotatable bonds is 4. The summed E-state index contributed by atoms with van der Waals surface area (Å²) in [6, 6.07) is 8.85. The molecule has 2 aromatic carbocycles. The molecule has 0 aliphatic carbocycles. The quantitative estimate of drug-likeness (QED) is 0.678. The average Bonchev–Trinajstić information content (AvgIpc) is 2.41. The van der Waals surface area contributed by atoms with Gasteiger partial charge in [0.25, 0.3) is 0 Å². The van der Waals surface area contributed by atoms with Crippen LogP contribution in [0.5, 0.6) is 11.5 Å². The van der Waals surface area contributed by atoms with Gasteiger partial charge in [0.1, 0.15) is 5.75 Å². The van der Waals surface area contributed by atoms with E-state index in [0.717, 1.165) is 0 Å². The van der Waals surface area contributed by atoms with E-state index in [2.05, 4.69) is 0 Å². The minimum atomic E-state index is -0.593. The Morgan fingerprint density at radius 2 is 1.95 bits per heavy atom. The highest BCUT2D eigenvalue weighted by Gasteiger charge is 2.18. The smallest absolute Gasteiger partial charge is 0.313 e. The van der Waals surface area contributed by atoms with Gasteiger partial charge in [0.2, 0.25) is 5.75 Å². The maximum Gasteiger partial charge on any atom is 0.313 e. The molecule has 0 amide bonds. The lowest BCUT2D eigenvalue weighted by molar-refractivity contribution is -0.385. The molecule has 1 N–H and O–H groups in total. The number of ether oxygens (including phenoxy) is 1. The molecule has 0 aliphatic heterocycles. The Balaban J connectivity index is 2.45. The highest BCUT2D eigenvalue weighted by atomic mass is 35.5. The molecule has 2 aromatic rings.